The van der Waals surface area contributed by atoms with Gasteiger partial charge in [0.25, 0.3) is 5.91 Å². The first-order valence-corrected chi connectivity index (χ1v) is 7.98. The van der Waals surface area contributed by atoms with Crippen molar-refractivity contribution in [2.45, 2.75) is 25.8 Å². The number of hydrogen-bond donors (Lipinski definition) is 1. The van der Waals surface area contributed by atoms with Crippen molar-refractivity contribution in [1.82, 2.24) is 9.80 Å². The van der Waals surface area contributed by atoms with Crippen LogP contribution in [0.1, 0.15) is 30.1 Å². The van der Waals surface area contributed by atoms with Gasteiger partial charge in [0.15, 0.2) is 0 Å². The Morgan fingerprint density at radius 3 is 2.91 bits per heavy atom. The lowest BCUT2D eigenvalue weighted by atomic mass is 10.1. The lowest BCUT2D eigenvalue weighted by Gasteiger charge is -2.28. The molecule has 1 aliphatic rings. The molecule has 22 heavy (non-hydrogen) atoms. The molecule has 1 saturated heterocycles. The van der Waals surface area contributed by atoms with Gasteiger partial charge in [0.05, 0.1) is 23.4 Å². The molecule has 0 aromatic heterocycles. The van der Waals surface area contributed by atoms with Crippen molar-refractivity contribution in [3.05, 3.63) is 22.7 Å². The summed E-state index contributed by atoms with van der Waals surface area (Å²) in [6.07, 6.45) is 2.32. The van der Waals surface area contributed by atoms with Crippen LogP contribution < -0.4 is 10.5 Å². The van der Waals surface area contributed by atoms with Crippen LogP contribution in [0.15, 0.2) is 12.1 Å². The van der Waals surface area contributed by atoms with E-state index in [0.29, 0.717) is 34.6 Å². The molecule has 122 valence electrons. The number of carbonyl (C=O) groups excluding carboxylic acids is 1. The fourth-order valence-corrected chi connectivity index (χ4v) is 3.19. The lowest BCUT2D eigenvalue weighted by molar-refractivity contribution is 0.0751. The number of rotatable bonds is 5. The van der Waals surface area contributed by atoms with E-state index in [0.717, 1.165) is 19.5 Å². The Balaban J connectivity index is 2.15. The van der Waals surface area contributed by atoms with Crippen LogP contribution in [0.3, 0.4) is 0 Å². The normalized spacial score (nSPS) is 18.5. The maximum atomic E-state index is 12.7. The second kappa shape index (κ2) is 7.20. The molecule has 1 heterocycles. The molecule has 0 spiro atoms. The number of likely N-dealkylation sites (N-methyl/N-ethyl adjacent to an activating group) is 2. The fraction of sp³-hybridized carbons (Fsp3) is 0.562. The molecule has 1 aromatic carbocycles. The molecular formula is C16H24ClN3O2. The standard InChI is InChI=1S/C16H24ClN3O2/c1-4-20-7-5-6-11(20)10-19(2)16(21)12-8-13(17)14(18)9-15(12)22-3/h8-9,11H,4-7,10,18H2,1-3H3. The van der Waals surface area contributed by atoms with Gasteiger partial charge >= 0.3 is 0 Å². The minimum absolute atomic E-state index is 0.0956. The maximum absolute atomic E-state index is 12.7. The van der Waals surface area contributed by atoms with Crippen LogP contribution in [-0.4, -0.2) is 55.5 Å². The molecule has 1 atom stereocenters. The number of nitrogens with two attached hydrogens (primary N) is 1. The van der Waals surface area contributed by atoms with E-state index in [1.807, 2.05) is 7.05 Å². The molecule has 1 unspecified atom stereocenters. The summed E-state index contributed by atoms with van der Waals surface area (Å²) >= 11 is 6.05. The molecule has 1 fully saturated rings. The highest BCUT2D eigenvalue weighted by Gasteiger charge is 2.27. The molecular weight excluding hydrogens is 302 g/mol. The summed E-state index contributed by atoms with van der Waals surface area (Å²) in [5, 5.41) is 0.369. The van der Waals surface area contributed by atoms with Crippen molar-refractivity contribution in [3.63, 3.8) is 0 Å². The SMILES string of the molecule is CCN1CCCC1CN(C)C(=O)c1cc(Cl)c(N)cc1OC. The van der Waals surface area contributed by atoms with Crippen LogP contribution in [0.25, 0.3) is 0 Å². The molecule has 0 bridgehead atoms. The Hall–Kier alpha value is -1.46. The highest BCUT2D eigenvalue weighted by Crippen LogP contribution is 2.30. The van der Waals surface area contributed by atoms with Gasteiger partial charge in [-0.3, -0.25) is 9.69 Å². The van der Waals surface area contributed by atoms with Gasteiger partial charge in [-0.1, -0.05) is 18.5 Å². The number of benzene rings is 1. The first-order valence-electron chi connectivity index (χ1n) is 7.60. The molecule has 0 aliphatic carbocycles. The summed E-state index contributed by atoms with van der Waals surface area (Å²) in [4.78, 5) is 16.9. The van der Waals surface area contributed by atoms with Gasteiger partial charge in [0.1, 0.15) is 5.75 Å². The van der Waals surface area contributed by atoms with Crippen LogP contribution in [0, 0.1) is 0 Å². The van der Waals surface area contributed by atoms with E-state index < -0.39 is 0 Å². The number of carbonyl (C=O) groups is 1. The minimum Gasteiger partial charge on any atom is -0.496 e. The maximum Gasteiger partial charge on any atom is 0.257 e. The smallest absolute Gasteiger partial charge is 0.257 e. The molecule has 2 rings (SSSR count). The summed E-state index contributed by atoms with van der Waals surface area (Å²) in [6.45, 7) is 4.99. The third-order valence-electron chi connectivity index (χ3n) is 4.29. The topological polar surface area (TPSA) is 58.8 Å². The molecule has 0 radical (unpaired) electrons. The number of likely N-dealkylation sites (tertiary alicyclic amines) is 1. The van der Waals surface area contributed by atoms with Crippen molar-refractivity contribution in [3.8, 4) is 5.75 Å². The Labute approximate surface area is 137 Å². The van der Waals surface area contributed by atoms with Crippen molar-refractivity contribution < 1.29 is 9.53 Å². The van der Waals surface area contributed by atoms with E-state index in [4.69, 9.17) is 22.1 Å². The zero-order chi connectivity index (χ0) is 16.3. The predicted octanol–water partition coefficient (Wildman–Crippen LogP) is 2.49. The summed E-state index contributed by atoms with van der Waals surface area (Å²) in [5.74, 6) is 0.360. The Morgan fingerprint density at radius 1 is 1.55 bits per heavy atom. The zero-order valence-electron chi connectivity index (χ0n) is 13.4. The second-order valence-electron chi connectivity index (χ2n) is 5.68. The van der Waals surface area contributed by atoms with E-state index in [1.165, 1.54) is 13.5 Å². The van der Waals surface area contributed by atoms with E-state index in [1.54, 1.807) is 17.0 Å². The van der Waals surface area contributed by atoms with Gasteiger partial charge in [0, 0.05) is 25.7 Å². The molecule has 5 nitrogen and oxygen atoms in total. The number of halogens is 1. The van der Waals surface area contributed by atoms with Crippen molar-refractivity contribution in [2.75, 3.05) is 39.5 Å². The average molecular weight is 326 g/mol. The zero-order valence-corrected chi connectivity index (χ0v) is 14.2. The van der Waals surface area contributed by atoms with E-state index in [9.17, 15) is 4.79 Å². The summed E-state index contributed by atoms with van der Waals surface area (Å²) < 4.78 is 5.27. The lowest BCUT2D eigenvalue weighted by Crippen LogP contribution is -2.41. The highest BCUT2D eigenvalue weighted by atomic mass is 35.5. The first-order chi connectivity index (χ1) is 10.5. The van der Waals surface area contributed by atoms with Gasteiger partial charge in [-0.15, -0.1) is 0 Å². The van der Waals surface area contributed by atoms with Crippen molar-refractivity contribution in [1.29, 1.82) is 0 Å². The van der Waals surface area contributed by atoms with Crippen LogP contribution in [-0.2, 0) is 0 Å². The number of nitrogens with zero attached hydrogens (tertiary/aromatic N) is 2. The highest BCUT2D eigenvalue weighted by molar-refractivity contribution is 6.33. The number of methoxy groups -OCH3 is 1. The van der Waals surface area contributed by atoms with Crippen LogP contribution in [0.5, 0.6) is 5.75 Å². The van der Waals surface area contributed by atoms with Crippen LogP contribution in [0.4, 0.5) is 5.69 Å². The monoisotopic (exact) mass is 325 g/mol. The first kappa shape index (κ1) is 16.9. The Kier molecular flexibility index (Phi) is 5.53. The summed E-state index contributed by atoms with van der Waals surface area (Å²) in [6, 6.07) is 3.60. The minimum atomic E-state index is -0.0956. The van der Waals surface area contributed by atoms with Gasteiger partial charge in [-0.25, -0.2) is 0 Å². The number of amides is 1. The fourth-order valence-electron chi connectivity index (χ4n) is 3.03. The molecule has 1 aliphatic heterocycles. The van der Waals surface area contributed by atoms with Crippen molar-refractivity contribution in [2.24, 2.45) is 0 Å². The van der Waals surface area contributed by atoms with Gasteiger partial charge < -0.3 is 15.4 Å². The second-order valence-corrected chi connectivity index (χ2v) is 6.09. The van der Waals surface area contributed by atoms with Gasteiger partial charge in [-0.05, 0) is 32.0 Å². The summed E-state index contributed by atoms with van der Waals surface area (Å²) in [5.41, 5.74) is 6.62. The Bertz CT molecular complexity index is 550. The Morgan fingerprint density at radius 2 is 2.27 bits per heavy atom. The van der Waals surface area contributed by atoms with Crippen LogP contribution in [0.2, 0.25) is 5.02 Å². The quantitative estimate of drug-likeness (QED) is 0.845. The van der Waals surface area contributed by atoms with Gasteiger partial charge in [-0.2, -0.15) is 0 Å². The number of nitrogen functional groups attached to an aromatic ring is 1. The third-order valence-corrected chi connectivity index (χ3v) is 4.61. The van der Waals surface area contributed by atoms with Gasteiger partial charge in [0.2, 0.25) is 0 Å². The van der Waals surface area contributed by atoms with Crippen molar-refractivity contribution >= 4 is 23.2 Å². The molecule has 1 aromatic rings. The van der Waals surface area contributed by atoms with E-state index >= 15 is 0 Å². The third kappa shape index (κ3) is 3.47. The van der Waals surface area contributed by atoms with Crippen LogP contribution >= 0.6 is 11.6 Å². The summed E-state index contributed by atoms with van der Waals surface area (Å²) in [7, 11) is 3.34. The molecule has 1 amide bonds. The molecule has 2 N–H and O–H groups in total. The largest absolute Gasteiger partial charge is 0.496 e. The molecule has 6 heteroatoms. The van der Waals surface area contributed by atoms with E-state index in [2.05, 4.69) is 11.8 Å². The van der Waals surface area contributed by atoms with E-state index in [-0.39, 0.29) is 5.91 Å². The number of ether oxygens (including phenoxy) is 1. The number of hydrogen-bond acceptors (Lipinski definition) is 4. The average Bonchev–Trinajstić information content (AvgIpc) is 2.95. The number of anilines is 1. The molecule has 0 saturated carbocycles. The predicted molar refractivity (Wildman–Crippen MR) is 89.6 cm³/mol.